The second-order valence-corrected chi connectivity index (χ2v) is 5.91. The van der Waals surface area contributed by atoms with E-state index in [1.165, 1.54) is 23.3 Å². The highest BCUT2D eigenvalue weighted by molar-refractivity contribution is 7.99. The molecule has 1 fully saturated rings. The molecule has 0 amide bonds. The molecule has 1 heterocycles. The predicted molar refractivity (Wildman–Crippen MR) is 66.9 cm³/mol. The molecule has 2 heteroatoms. The van der Waals surface area contributed by atoms with E-state index in [0.717, 1.165) is 24.5 Å². The first-order valence-electron chi connectivity index (χ1n) is 6.09. The molecule has 1 aliphatic carbocycles. The van der Waals surface area contributed by atoms with Crippen LogP contribution in [0.4, 0.5) is 0 Å². The normalized spacial score (nSPS) is 23.1. The van der Waals surface area contributed by atoms with E-state index in [1.807, 2.05) is 17.8 Å². The third kappa shape index (κ3) is 2.03. The maximum Gasteiger partial charge on any atom is 0.141 e. The van der Waals surface area contributed by atoms with Crippen molar-refractivity contribution in [2.75, 3.05) is 5.75 Å². The van der Waals surface area contributed by atoms with Crippen LogP contribution in [0.5, 0.6) is 0 Å². The van der Waals surface area contributed by atoms with E-state index in [2.05, 4.69) is 18.2 Å². The van der Waals surface area contributed by atoms with Gasteiger partial charge in [0.15, 0.2) is 0 Å². The summed E-state index contributed by atoms with van der Waals surface area (Å²) in [4.78, 5) is 13.4. The fraction of sp³-hybridized carbons (Fsp3) is 0.500. The first-order valence-corrected chi connectivity index (χ1v) is 7.07. The van der Waals surface area contributed by atoms with Crippen LogP contribution in [-0.2, 0) is 4.79 Å². The number of thioether (sulfide) groups is 1. The van der Waals surface area contributed by atoms with Gasteiger partial charge in [0.1, 0.15) is 5.78 Å². The average Bonchev–Trinajstić information content (AvgIpc) is 3.04. The highest BCUT2D eigenvalue weighted by Gasteiger charge is 2.30. The number of carbonyl (C=O) groups excluding carboxylic acids is 1. The molecule has 1 saturated carbocycles. The lowest BCUT2D eigenvalue weighted by atomic mass is 9.93. The van der Waals surface area contributed by atoms with Crippen LogP contribution in [0.3, 0.4) is 0 Å². The van der Waals surface area contributed by atoms with E-state index < -0.39 is 0 Å². The summed E-state index contributed by atoms with van der Waals surface area (Å²) in [5, 5.41) is 0. The van der Waals surface area contributed by atoms with Gasteiger partial charge in [0.05, 0.1) is 5.92 Å². The van der Waals surface area contributed by atoms with Crippen LogP contribution in [0.15, 0.2) is 29.2 Å². The fourth-order valence-electron chi connectivity index (χ4n) is 2.36. The van der Waals surface area contributed by atoms with Gasteiger partial charge in [-0.05, 0) is 24.0 Å². The standard InChI is InChI=1S/C14H16OS/c15-13(8-7-10-5-6-10)12-9-16-14-4-2-1-3-11(12)14/h1-4,10,12H,5-9H2. The van der Waals surface area contributed by atoms with Crippen molar-refractivity contribution < 1.29 is 4.79 Å². The minimum absolute atomic E-state index is 0.181. The summed E-state index contributed by atoms with van der Waals surface area (Å²) in [6.45, 7) is 0. The Hall–Kier alpha value is -0.760. The van der Waals surface area contributed by atoms with Crippen LogP contribution in [0.25, 0.3) is 0 Å². The molecule has 0 radical (unpaired) electrons. The molecule has 1 nitrogen and oxygen atoms in total. The van der Waals surface area contributed by atoms with Gasteiger partial charge in [-0.2, -0.15) is 0 Å². The quantitative estimate of drug-likeness (QED) is 0.788. The minimum atomic E-state index is 0.181. The Morgan fingerprint density at radius 2 is 2.12 bits per heavy atom. The van der Waals surface area contributed by atoms with Crippen molar-refractivity contribution >= 4 is 17.5 Å². The summed E-state index contributed by atoms with van der Waals surface area (Å²) in [5.41, 5.74) is 1.27. The van der Waals surface area contributed by atoms with Gasteiger partial charge in [-0.3, -0.25) is 4.79 Å². The summed E-state index contributed by atoms with van der Waals surface area (Å²) < 4.78 is 0. The Labute approximate surface area is 101 Å². The Morgan fingerprint density at radius 3 is 2.94 bits per heavy atom. The molecule has 3 rings (SSSR count). The Morgan fingerprint density at radius 1 is 1.31 bits per heavy atom. The summed E-state index contributed by atoms with van der Waals surface area (Å²) in [5.74, 6) is 2.47. The summed E-state index contributed by atoms with van der Waals surface area (Å²) >= 11 is 1.83. The molecule has 2 aliphatic rings. The molecular formula is C14H16OS. The zero-order valence-electron chi connectivity index (χ0n) is 9.32. The molecular weight excluding hydrogens is 216 g/mol. The van der Waals surface area contributed by atoms with Gasteiger partial charge >= 0.3 is 0 Å². The lowest BCUT2D eigenvalue weighted by molar-refractivity contribution is -0.120. The van der Waals surface area contributed by atoms with Gasteiger partial charge in [0.25, 0.3) is 0 Å². The number of carbonyl (C=O) groups is 1. The van der Waals surface area contributed by atoms with E-state index >= 15 is 0 Å². The number of benzene rings is 1. The van der Waals surface area contributed by atoms with Crippen LogP contribution in [0, 0.1) is 5.92 Å². The highest BCUT2D eigenvalue weighted by atomic mass is 32.2. The number of hydrogen-bond donors (Lipinski definition) is 0. The molecule has 1 aliphatic heterocycles. The summed E-state index contributed by atoms with van der Waals surface area (Å²) in [7, 11) is 0. The first kappa shape index (κ1) is 10.4. The maximum atomic E-state index is 12.1. The molecule has 16 heavy (non-hydrogen) atoms. The molecule has 0 saturated heterocycles. The van der Waals surface area contributed by atoms with E-state index in [0.29, 0.717) is 5.78 Å². The minimum Gasteiger partial charge on any atom is -0.299 e. The summed E-state index contributed by atoms with van der Waals surface area (Å²) in [6, 6.07) is 8.36. The van der Waals surface area contributed by atoms with E-state index in [9.17, 15) is 4.79 Å². The molecule has 1 unspecified atom stereocenters. The third-order valence-corrected chi connectivity index (χ3v) is 4.77. The Balaban J connectivity index is 1.68. The molecule has 0 bridgehead atoms. The van der Waals surface area contributed by atoms with Gasteiger partial charge in [0.2, 0.25) is 0 Å². The van der Waals surface area contributed by atoms with E-state index in [4.69, 9.17) is 0 Å². The van der Waals surface area contributed by atoms with Gasteiger partial charge in [-0.25, -0.2) is 0 Å². The molecule has 1 aromatic rings. The predicted octanol–water partition coefficient (Wildman–Crippen LogP) is 3.64. The van der Waals surface area contributed by atoms with Crippen molar-refractivity contribution in [1.29, 1.82) is 0 Å². The number of rotatable bonds is 4. The SMILES string of the molecule is O=C(CCC1CC1)C1CSc2ccccc21. The van der Waals surface area contributed by atoms with Crippen molar-refractivity contribution in [3.63, 3.8) is 0 Å². The van der Waals surface area contributed by atoms with Crippen molar-refractivity contribution in [2.24, 2.45) is 5.92 Å². The topological polar surface area (TPSA) is 17.1 Å². The van der Waals surface area contributed by atoms with E-state index in [1.54, 1.807) is 0 Å². The smallest absolute Gasteiger partial charge is 0.141 e. The number of fused-ring (bicyclic) bond motifs is 1. The van der Waals surface area contributed by atoms with Crippen LogP contribution in [-0.4, -0.2) is 11.5 Å². The number of Topliss-reactive ketones (excluding diaryl/α,β-unsaturated/α-hetero) is 1. The van der Waals surface area contributed by atoms with E-state index in [-0.39, 0.29) is 5.92 Å². The highest BCUT2D eigenvalue weighted by Crippen LogP contribution is 2.41. The Kier molecular flexibility index (Phi) is 2.76. The molecule has 84 valence electrons. The molecule has 1 atom stereocenters. The van der Waals surface area contributed by atoms with Crippen LogP contribution in [0.1, 0.15) is 37.2 Å². The van der Waals surface area contributed by atoms with Crippen molar-refractivity contribution in [3.05, 3.63) is 29.8 Å². The zero-order valence-corrected chi connectivity index (χ0v) is 10.1. The lowest BCUT2D eigenvalue weighted by Gasteiger charge is -2.08. The number of ketones is 1. The lowest BCUT2D eigenvalue weighted by Crippen LogP contribution is -2.12. The molecule has 0 N–H and O–H groups in total. The number of hydrogen-bond acceptors (Lipinski definition) is 2. The maximum absolute atomic E-state index is 12.1. The van der Waals surface area contributed by atoms with Gasteiger partial charge in [-0.1, -0.05) is 31.0 Å². The second-order valence-electron chi connectivity index (χ2n) is 4.85. The van der Waals surface area contributed by atoms with Gasteiger partial charge in [-0.15, -0.1) is 11.8 Å². The van der Waals surface area contributed by atoms with Crippen molar-refractivity contribution in [3.8, 4) is 0 Å². The van der Waals surface area contributed by atoms with Crippen LogP contribution >= 0.6 is 11.8 Å². The zero-order chi connectivity index (χ0) is 11.0. The summed E-state index contributed by atoms with van der Waals surface area (Å²) in [6.07, 6.45) is 4.62. The average molecular weight is 232 g/mol. The van der Waals surface area contributed by atoms with Crippen molar-refractivity contribution in [1.82, 2.24) is 0 Å². The monoisotopic (exact) mass is 232 g/mol. The van der Waals surface area contributed by atoms with Crippen LogP contribution in [0.2, 0.25) is 0 Å². The molecule has 0 spiro atoms. The fourth-order valence-corrected chi connectivity index (χ4v) is 3.62. The van der Waals surface area contributed by atoms with Gasteiger partial charge in [0, 0.05) is 17.1 Å². The second kappa shape index (κ2) is 4.25. The van der Waals surface area contributed by atoms with Crippen molar-refractivity contribution in [2.45, 2.75) is 36.5 Å². The first-order chi connectivity index (χ1) is 7.84. The molecule has 0 aromatic heterocycles. The third-order valence-electron chi connectivity index (χ3n) is 3.58. The molecule has 1 aromatic carbocycles. The van der Waals surface area contributed by atoms with Crippen LogP contribution < -0.4 is 0 Å². The largest absolute Gasteiger partial charge is 0.299 e. The van der Waals surface area contributed by atoms with Gasteiger partial charge < -0.3 is 0 Å². The Bertz CT molecular complexity index is 409.